The van der Waals surface area contributed by atoms with Crippen LogP contribution >= 0.6 is 0 Å². The fourth-order valence-corrected chi connectivity index (χ4v) is 1.61. The van der Waals surface area contributed by atoms with Gasteiger partial charge in [-0.25, -0.2) is 4.98 Å². The van der Waals surface area contributed by atoms with Crippen molar-refractivity contribution >= 4 is 16.9 Å². The van der Waals surface area contributed by atoms with E-state index in [4.69, 9.17) is 5.73 Å². The van der Waals surface area contributed by atoms with Gasteiger partial charge in [0.2, 0.25) is 5.82 Å². The van der Waals surface area contributed by atoms with Crippen LogP contribution in [-0.4, -0.2) is 20.4 Å². The fourth-order valence-electron chi connectivity index (χ4n) is 1.61. The van der Waals surface area contributed by atoms with Crippen LogP contribution in [0.3, 0.4) is 0 Å². The second-order valence-corrected chi connectivity index (χ2v) is 3.41. The normalized spacial score (nSPS) is 12.0. The molecule has 0 atom stereocenters. The summed E-state index contributed by atoms with van der Waals surface area (Å²) in [4.78, 5) is 18.1. The van der Waals surface area contributed by atoms with Crippen molar-refractivity contribution in [1.29, 1.82) is 0 Å². The first-order valence-electron chi connectivity index (χ1n) is 4.50. The molecule has 0 aliphatic rings. The maximum absolute atomic E-state index is 12.6. The molecular formula is C9H7F3N4O. The monoisotopic (exact) mass is 244 g/mol. The molecule has 0 saturated heterocycles. The molecule has 0 fully saturated rings. The minimum absolute atomic E-state index is 0.0175. The summed E-state index contributed by atoms with van der Waals surface area (Å²) in [6.07, 6.45) is -2.33. The third-order valence-corrected chi connectivity index (χ3v) is 2.30. The second kappa shape index (κ2) is 3.44. The van der Waals surface area contributed by atoms with Crippen molar-refractivity contribution in [3.63, 3.8) is 0 Å². The lowest BCUT2D eigenvalue weighted by molar-refractivity contribution is -0.146. The number of aromatic nitrogens is 3. The molecule has 0 aromatic carbocycles. The Kier molecular flexibility index (Phi) is 2.30. The van der Waals surface area contributed by atoms with E-state index in [1.807, 2.05) is 0 Å². The Morgan fingerprint density at radius 2 is 2.06 bits per heavy atom. The fraction of sp³-hybridized carbons (Fsp3) is 0.222. The molecule has 0 unspecified atom stereocenters. The summed E-state index contributed by atoms with van der Waals surface area (Å²) in [5, 5.41) is 0. The molecule has 17 heavy (non-hydrogen) atoms. The highest BCUT2D eigenvalue weighted by molar-refractivity contribution is 6.03. The summed E-state index contributed by atoms with van der Waals surface area (Å²) in [5.74, 6) is -1.94. The molecule has 2 aromatic rings. The number of hydrogen-bond acceptors (Lipinski definition) is 3. The molecule has 8 heteroatoms. The van der Waals surface area contributed by atoms with Gasteiger partial charge in [0.15, 0.2) is 0 Å². The summed E-state index contributed by atoms with van der Waals surface area (Å²) in [6, 6.07) is 0. The molecule has 0 aliphatic heterocycles. The van der Waals surface area contributed by atoms with Gasteiger partial charge in [-0.2, -0.15) is 13.2 Å². The predicted octanol–water partition coefficient (Wildman–Crippen LogP) is 1.09. The van der Waals surface area contributed by atoms with E-state index in [9.17, 15) is 18.0 Å². The van der Waals surface area contributed by atoms with E-state index in [2.05, 4.69) is 9.97 Å². The van der Waals surface area contributed by atoms with Crippen LogP contribution in [0.2, 0.25) is 0 Å². The zero-order valence-corrected chi connectivity index (χ0v) is 8.62. The van der Waals surface area contributed by atoms with Crippen molar-refractivity contribution in [1.82, 2.24) is 14.5 Å². The molecule has 0 bridgehead atoms. The van der Waals surface area contributed by atoms with Crippen molar-refractivity contribution in [3.05, 3.63) is 23.8 Å². The van der Waals surface area contributed by atoms with Crippen molar-refractivity contribution in [2.45, 2.75) is 6.18 Å². The number of carbonyl (C=O) groups excluding carboxylic acids is 1. The van der Waals surface area contributed by atoms with Crippen molar-refractivity contribution in [3.8, 4) is 0 Å². The summed E-state index contributed by atoms with van der Waals surface area (Å²) in [5.41, 5.74) is 4.99. The highest BCUT2D eigenvalue weighted by Crippen LogP contribution is 2.31. The number of pyridine rings is 1. The number of halogens is 3. The Bertz CT molecular complexity index is 602. The van der Waals surface area contributed by atoms with Crippen LogP contribution in [0.5, 0.6) is 0 Å². The van der Waals surface area contributed by atoms with E-state index in [0.717, 1.165) is 17.0 Å². The number of aryl methyl sites for hydroxylation is 1. The number of carbonyl (C=O) groups is 1. The summed E-state index contributed by atoms with van der Waals surface area (Å²) >= 11 is 0. The molecule has 0 saturated carbocycles. The van der Waals surface area contributed by atoms with Crippen LogP contribution in [-0.2, 0) is 13.2 Å². The van der Waals surface area contributed by atoms with E-state index in [-0.39, 0.29) is 16.6 Å². The van der Waals surface area contributed by atoms with Crippen LogP contribution in [0.25, 0.3) is 11.0 Å². The number of nitrogens with two attached hydrogens (primary N) is 1. The topological polar surface area (TPSA) is 73.8 Å². The Morgan fingerprint density at radius 1 is 1.41 bits per heavy atom. The Labute approximate surface area is 93.1 Å². The lowest BCUT2D eigenvalue weighted by Gasteiger charge is -2.06. The zero-order valence-electron chi connectivity index (χ0n) is 8.62. The Hall–Kier alpha value is -2.12. The van der Waals surface area contributed by atoms with Gasteiger partial charge in [0.25, 0.3) is 5.91 Å². The molecule has 0 aliphatic carbocycles. The highest BCUT2D eigenvalue weighted by Gasteiger charge is 2.37. The van der Waals surface area contributed by atoms with Crippen LogP contribution in [0.1, 0.15) is 16.2 Å². The Morgan fingerprint density at radius 3 is 2.59 bits per heavy atom. The number of imidazole rings is 1. The first-order chi connectivity index (χ1) is 7.82. The van der Waals surface area contributed by atoms with Gasteiger partial charge in [-0.1, -0.05) is 0 Å². The molecule has 90 valence electrons. The van der Waals surface area contributed by atoms with Gasteiger partial charge in [-0.3, -0.25) is 9.78 Å². The van der Waals surface area contributed by atoms with Gasteiger partial charge in [0.1, 0.15) is 5.52 Å². The molecule has 2 N–H and O–H groups in total. The number of rotatable bonds is 1. The van der Waals surface area contributed by atoms with E-state index in [0.29, 0.717) is 0 Å². The highest BCUT2D eigenvalue weighted by atomic mass is 19.4. The average Bonchev–Trinajstić information content (AvgIpc) is 2.55. The quantitative estimate of drug-likeness (QED) is 0.815. The molecule has 0 radical (unpaired) electrons. The maximum atomic E-state index is 12.6. The van der Waals surface area contributed by atoms with Crippen LogP contribution in [0.4, 0.5) is 13.2 Å². The minimum atomic E-state index is -4.59. The lowest BCUT2D eigenvalue weighted by Crippen LogP contribution is -2.15. The largest absolute Gasteiger partial charge is 0.449 e. The van der Waals surface area contributed by atoms with Crippen LogP contribution in [0, 0.1) is 0 Å². The average molecular weight is 244 g/mol. The molecule has 2 rings (SSSR count). The molecule has 2 aromatic heterocycles. The van der Waals surface area contributed by atoms with Gasteiger partial charge in [-0.15, -0.1) is 0 Å². The number of primary amides is 1. The number of nitrogens with zero attached hydrogens (tertiary/aromatic N) is 3. The van der Waals surface area contributed by atoms with E-state index in [1.54, 1.807) is 0 Å². The number of fused-ring (bicyclic) bond motifs is 1. The summed E-state index contributed by atoms with van der Waals surface area (Å²) in [6.45, 7) is 0. The molecule has 1 amide bonds. The van der Waals surface area contributed by atoms with Crippen LogP contribution < -0.4 is 5.73 Å². The third kappa shape index (κ3) is 1.71. The van der Waals surface area contributed by atoms with Crippen LogP contribution in [0.15, 0.2) is 12.4 Å². The summed E-state index contributed by atoms with van der Waals surface area (Å²) in [7, 11) is 1.17. The lowest BCUT2D eigenvalue weighted by atomic mass is 10.2. The van der Waals surface area contributed by atoms with Gasteiger partial charge in [-0.05, 0) is 0 Å². The second-order valence-electron chi connectivity index (χ2n) is 3.41. The molecular weight excluding hydrogens is 237 g/mol. The standard InChI is InChI=1S/C9H7F3N4O/c1-16-6-4(7(13)17)2-14-3-5(6)15-8(16)9(10,11)12/h2-3H,1H3,(H2,13,17). The molecule has 0 spiro atoms. The van der Waals surface area contributed by atoms with Gasteiger partial charge in [0, 0.05) is 13.2 Å². The SMILES string of the molecule is Cn1c(C(F)(F)F)nc2cncc(C(N)=O)c21. The number of amides is 1. The van der Waals surface area contributed by atoms with E-state index < -0.39 is 17.9 Å². The van der Waals surface area contributed by atoms with Crippen molar-refractivity contribution < 1.29 is 18.0 Å². The summed E-state index contributed by atoms with van der Waals surface area (Å²) < 4.78 is 38.6. The predicted molar refractivity (Wildman–Crippen MR) is 52.0 cm³/mol. The number of alkyl halides is 3. The Balaban J connectivity index is 2.84. The van der Waals surface area contributed by atoms with E-state index in [1.165, 1.54) is 7.05 Å². The van der Waals surface area contributed by atoms with Gasteiger partial charge >= 0.3 is 6.18 Å². The first kappa shape index (κ1) is 11.4. The molecule has 2 heterocycles. The number of hydrogen-bond donors (Lipinski definition) is 1. The van der Waals surface area contributed by atoms with Crippen molar-refractivity contribution in [2.75, 3.05) is 0 Å². The zero-order chi connectivity index (χ0) is 12.8. The maximum Gasteiger partial charge on any atom is 0.449 e. The third-order valence-electron chi connectivity index (χ3n) is 2.30. The van der Waals surface area contributed by atoms with E-state index >= 15 is 0 Å². The minimum Gasteiger partial charge on any atom is -0.365 e. The molecule has 5 nitrogen and oxygen atoms in total. The van der Waals surface area contributed by atoms with Gasteiger partial charge < -0.3 is 10.3 Å². The van der Waals surface area contributed by atoms with Gasteiger partial charge in [0.05, 0.1) is 17.3 Å². The van der Waals surface area contributed by atoms with Crippen molar-refractivity contribution in [2.24, 2.45) is 12.8 Å². The smallest absolute Gasteiger partial charge is 0.365 e. The first-order valence-corrected chi connectivity index (χ1v) is 4.50.